The Balaban J connectivity index is 2.22. The lowest BCUT2D eigenvalue weighted by atomic mass is 10.1. The first-order chi connectivity index (χ1) is 10.2. The van der Waals surface area contributed by atoms with E-state index < -0.39 is 11.9 Å². The fourth-order valence-electron chi connectivity index (χ4n) is 2.15. The molecule has 21 heavy (non-hydrogen) atoms. The molecule has 0 spiro atoms. The van der Waals surface area contributed by atoms with Crippen LogP contribution in [0.25, 0.3) is 22.5 Å². The van der Waals surface area contributed by atoms with E-state index in [1.54, 1.807) is 54.3 Å². The van der Waals surface area contributed by atoms with Crippen LogP contribution < -0.4 is 4.57 Å². The van der Waals surface area contributed by atoms with Crippen molar-refractivity contribution in [2.24, 2.45) is 7.05 Å². The van der Waals surface area contributed by atoms with Crippen molar-refractivity contribution in [2.45, 2.75) is 0 Å². The van der Waals surface area contributed by atoms with Gasteiger partial charge in [0.1, 0.15) is 12.6 Å². The van der Waals surface area contributed by atoms with Gasteiger partial charge >= 0.3 is 0 Å². The van der Waals surface area contributed by atoms with E-state index in [0.29, 0.717) is 11.4 Å². The molecule has 3 heterocycles. The van der Waals surface area contributed by atoms with Crippen LogP contribution in [0.4, 0.5) is 8.78 Å². The Morgan fingerprint density at radius 2 is 1.71 bits per heavy atom. The first-order valence-electron chi connectivity index (χ1n) is 6.39. The molecule has 3 aromatic heterocycles. The number of halogens is 2. The number of aromatic nitrogens is 3. The number of pyridine rings is 3. The first kappa shape index (κ1) is 13.3. The summed E-state index contributed by atoms with van der Waals surface area (Å²) < 4.78 is 29.7. The topological polar surface area (TPSA) is 29.7 Å². The highest BCUT2D eigenvalue weighted by molar-refractivity contribution is 5.67. The number of hydrogen-bond donors (Lipinski definition) is 0. The fourth-order valence-corrected chi connectivity index (χ4v) is 2.15. The lowest BCUT2D eigenvalue weighted by Gasteiger charge is -2.06. The van der Waals surface area contributed by atoms with E-state index in [1.807, 2.05) is 6.07 Å². The van der Waals surface area contributed by atoms with Crippen molar-refractivity contribution < 1.29 is 13.3 Å². The Labute approximate surface area is 120 Å². The van der Waals surface area contributed by atoms with Crippen molar-refractivity contribution in [1.82, 2.24) is 9.97 Å². The van der Waals surface area contributed by atoms with E-state index in [-0.39, 0.29) is 11.1 Å². The minimum Gasteiger partial charge on any atom is -0.256 e. The minimum atomic E-state index is -0.867. The summed E-state index contributed by atoms with van der Waals surface area (Å²) in [5, 5.41) is 0. The minimum absolute atomic E-state index is 0.177. The zero-order chi connectivity index (χ0) is 14.8. The van der Waals surface area contributed by atoms with E-state index in [1.165, 1.54) is 6.07 Å². The van der Waals surface area contributed by atoms with Crippen LogP contribution in [0.5, 0.6) is 0 Å². The van der Waals surface area contributed by atoms with E-state index in [0.717, 1.165) is 0 Å². The van der Waals surface area contributed by atoms with Crippen LogP contribution in [0.2, 0.25) is 0 Å². The average molecular weight is 284 g/mol. The van der Waals surface area contributed by atoms with Gasteiger partial charge in [-0.25, -0.2) is 4.57 Å². The molecular weight excluding hydrogens is 272 g/mol. The molecule has 3 rings (SSSR count). The van der Waals surface area contributed by atoms with Gasteiger partial charge in [0, 0.05) is 18.3 Å². The molecule has 0 fully saturated rings. The molecule has 0 aliphatic heterocycles. The third-order valence-corrected chi connectivity index (χ3v) is 3.20. The number of rotatable bonds is 2. The second kappa shape index (κ2) is 5.36. The smallest absolute Gasteiger partial charge is 0.229 e. The number of hydrogen-bond acceptors (Lipinski definition) is 2. The van der Waals surface area contributed by atoms with Crippen LogP contribution in [0, 0.1) is 11.9 Å². The van der Waals surface area contributed by atoms with E-state index in [4.69, 9.17) is 0 Å². The summed E-state index contributed by atoms with van der Waals surface area (Å²) in [6, 6.07) is 11.9. The van der Waals surface area contributed by atoms with Crippen molar-refractivity contribution in [3.05, 3.63) is 66.8 Å². The highest BCUT2D eigenvalue weighted by Crippen LogP contribution is 2.26. The zero-order valence-corrected chi connectivity index (χ0v) is 11.3. The molecule has 0 radical (unpaired) electrons. The third-order valence-electron chi connectivity index (χ3n) is 3.20. The molecule has 104 valence electrons. The van der Waals surface area contributed by atoms with Gasteiger partial charge in [-0.2, -0.15) is 13.8 Å². The van der Waals surface area contributed by atoms with Crippen LogP contribution in [-0.4, -0.2) is 9.97 Å². The van der Waals surface area contributed by atoms with Gasteiger partial charge < -0.3 is 0 Å². The van der Waals surface area contributed by atoms with Gasteiger partial charge in [-0.05, 0) is 24.3 Å². The van der Waals surface area contributed by atoms with E-state index in [9.17, 15) is 8.78 Å². The Morgan fingerprint density at radius 1 is 0.952 bits per heavy atom. The molecule has 0 amide bonds. The van der Waals surface area contributed by atoms with Crippen LogP contribution in [0.3, 0.4) is 0 Å². The summed E-state index contributed by atoms with van der Waals surface area (Å²) in [6.45, 7) is 0. The maximum atomic E-state index is 14.0. The first-order valence-corrected chi connectivity index (χ1v) is 6.39. The van der Waals surface area contributed by atoms with Gasteiger partial charge in [0.25, 0.3) is 0 Å². The maximum Gasteiger partial charge on any atom is 0.229 e. The standard InChI is InChI=1S/C16H12F2N3/c1-21-9-5-3-7-14(21)12-10-11(15(17)20-16(12)18)13-6-2-4-8-19-13/h2-10H,1H3/q+1. The SMILES string of the molecule is C[n+]1ccccc1-c1cc(-c2ccccn2)c(F)nc1F. The summed E-state index contributed by atoms with van der Waals surface area (Å²) in [4.78, 5) is 7.47. The van der Waals surface area contributed by atoms with Crippen molar-refractivity contribution in [3.63, 3.8) is 0 Å². The lowest BCUT2D eigenvalue weighted by Crippen LogP contribution is -2.30. The van der Waals surface area contributed by atoms with Gasteiger partial charge in [-0.15, -0.1) is 0 Å². The van der Waals surface area contributed by atoms with Gasteiger partial charge in [0.2, 0.25) is 17.6 Å². The van der Waals surface area contributed by atoms with E-state index in [2.05, 4.69) is 9.97 Å². The molecule has 0 bridgehead atoms. The predicted molar refractivity (Wildman–Crippen MR) is 74.0 cm³/mol. The van der Waals surface area contributed by atoms with Gasteiger partial charge in [-0.1, -0.05) is 6.07 Å². The molecule has 0 saturated heterocycles. The van der Waals surface area contributed by atoms with Crippen LogP contribution in [-0.2, 0) is 7.05 Å². The molecule has 0 saturated carbocycles. The quantitative estimate of drug-likeness (QED) is 0.535. The van der Waals surface area contributed by atoms with Gasteiger partial charge in [0.05, 0.1) is 11.3 Å². The Bertz CT molecular complexity index is 789. The molecule has 0 aliphatic carbocycles. The molecule has 0 aliphatic rings. The summed E-state index contributed by atoms with van der Waals surface area (Å²) in [6.07, 6.45) is 3.35. The predicted octanol–water partition coefficient (Wildman–Crippen LogP) is 2.91. The van der Waals surface area contributed by atoms with Crippen molar-refractivity contribution >= 4 is 0 Å². The summed E-state index contributed by atoms with van der Waals surface area (Å²) in [7, 11) is 1.79. The summed E-state index contributed by atoms with van der Waals surface area (Å²) in [5.74, 6) is -1.71. The fraction of sp³-hybridized carbons (Fsp3) is 0.0625. The highest BCUT2D eigenvalue weighted by Gasteiger charge is 2.20. The largest absolute Gasteiger partial charge is 0.256 e. The highest BCUT2D eigenvalue weighted by atomic mass is 19.1. The van der Waals surface area contributed by atoms with Crippen molar-refractivity contribution in [2.75, 3.05) is 0 Å². The van der Waals surface area contributed by atoms with Crippen LogP contribution in [0.15, 0.2) is 54.9 Å². The summed E-state index contributed by atoms with van der Waals surface area (Å²) >= 11 is 0. The molecular formula is C16H12F2N3+. The second-order valence-corrected chi connectivity index (χ2v) is 4.58. The number of aryl methyl sites for hydroxylation is 1. The van der Waals surface area contributed by atoms with Gasteiger partial charge in [-0.3, -0.25) is 4.98 Å². The molecule has 5 heteroatoms. The Morgan fingerprint density at radius 3 is 2.43 bits per heavy atom. The Hall–Kier alpha value is -2.69. The molecule has 0 unspecified atom stereocenters. The zero-order valence-electron chi connectivity index (χ0n) is 11.3. The molecule has 3 nitrogen and oxygen atoms in total. The monoisotopic (exact) mass is 284 g/mol. The number of nitrogens with zero attached hydrogens (tertiary/aromatic N) is 3. The van der Waals surface area contributed by atoms with Crippen LogP contribution in [0.1, 0.15) is 0 Å². The molecule has 3 aromatic rings. The lowest BCUT2D eigenvalue weighted by molar-refractivity contribution is -0.660. The summed E-state index contributed by atoms with van der Waals surface area (Å²) in [5.41, 5.74) is 1.44. The van der Waals surface area contributed by atoms with Crippen molar-refractivity contribution in [3.8, 4) is 22.5 Å². The maximum absolute atomic E-state index is 14.0. The second-order valence-electron chi connectivity index (χ2n) is 4.58. The third kappa shape index (κ3) is 2.50. The van der Waals surface area contributed by atoms with E-state index >= 15 is 0 Å². The van der Waals surface area contributed by atoms with Crippen molar-refractivity contribution in [1.29, 1.82) is 0 Å². The van der Waals surface area contributed by atoms with Crippen LogP contribution >= 0.6 is 0 Å². The molecule has 0 atom stereocenters. The average Bonchev–Trinajstić information content (AvgIpc) is 2.49. The molecule has 0 aromatic carbocycles. The normalized spacial score (nSPS) is 10.6. The Kier molecular flexibility index (Phi) is 3.39. The molecule has 0 N–H and O–H groups in total. The van der Waals surface area contributed by atoms with Gasteiger partial charge in [0.15, 0.2) is 6.20 Å².